The van der Waals surface area contributed by atoms with Crippen LogP contribution in [0, 0.1) is 0 Å². The minimum atomic E-state index is -0.833. The van der Waals surface area contributed by atoms with Crippen molar-refractivity contribution in [3.63, 3.8) is 0 Å². The number of hydrogen-bond donors (Lipinski definition) is 1. The summed E-state index contributed by atoms with van der Waals surface area (Å²) in [4.78, 5) is 26.6. The molecule has 1 amide bonds. The summed E-state index contributed by atoms with van der Waals surface area (Å²) >= 11 is 0. The van der Waals surface area contributed by atoms with Crippen molar-refractivity contribution in [1.82, 2.24) is 4.90 Å². The molecular weight excluding hydrogens is 602 g/mol. The Morgan fingerprint density at radius 2 is 1.08 bits per heavy atom. The van der Waals surface area contributed by atoms with Crippen molar-refractivity contribution in [2.75, 3.05) is 13.1 Å². The van der Waals surface area contributed by atoms with Gasteiger partial charge in [-0.3, -0.25) is 9.59 Å². The van der Waals surface area contributed by atoms with E-state index in [4.69, 9.17) is 19.3 Å². The second-order valence-corrected chi connectivity index (χ2v) is 11.5. The van der Waals surface area contributed by atoms with Gasteiger partial charge in [0.1, 0.15) is 37.1 Å². The number of rotatable bonds is 18. The molecule has 7 heteroatoms. The quantitative estimate of drug-likeness (QED) is 0.0966. The standard InChI is InChI=1S/C41H41NO6/c43-40(44)19-7-8-25-42(26-24-32-20-22-37(23-21-32)46-29-33-11-3-1-4-12-33)41(45)36-16-10-18-39(28-36)48-31-35-15-9-17-38(27-35)47-30-34-13-5-2-6-14-34/h1-6,9-18,20-23,27-28H,7-8,19,24-26,29-31H2,(H,43,44). The summed E-state index contributed by atoms with van der Waals surface area (Å²) in [6, 6.07) is 43.0. The highest BCUT2D eigenvalue weighted by Gasteiger charge is 2.17. The molecule has 0 aliphatic carbocycles. The number of carbonyl (C=O) groups excluding carboxylic acids is 1. The molecule has 0 unspecified atom stereocenters. The average Bonchev–Trinajstić information content (AvgIpc) is 3.13. The van der Waals surface area contributed by atoms with Crippen molar-refractivity contribution in [1.29, 1.82) is 0 Å². The van der Waals surface area contributed by atoms with E-state index in [9.17, 15) is 9.59 Å². The zero-order valence-electron chi connectivity index (χ0n) is 27.0. The third kappa shape index (κ3) is 11.1. The van der Waals surface area contributed by atoms with Crippen molar-refractivity contribution in [3.8, 4) is 17.2 Å². The Morgan fingerprint density at radius 1 is 0.521 bits per heavy atom. The molecule has 0 atom stereocenters. The zero-order chi connectivity index (χ0) is 33.4. The number of amides is 1. The molecule has 0 aliphatic rings. The fourth-order valence-electron chi connectivity index (χ4n) is 5.19. The summed E-state index contributed by atoms with van der Waals surface area (Å²) in [5.41, 5.74) is 4.76. The van der Waals surface area contributed by atoms with Gasteiger partial charge < -0.3 is 24.2 Å². The van der Waals surface area contributed by atoms with E-state index in [0.29, 0.717) is 63.5 Å². The largest absolute Gasteiger partial charge is 0.489 e. The van der Waals surface area contributed by atoms with Gasteiger partial charge in [0.2, 0.25) is 0 Å². The molecule has 7 nitrogen and oxygen atoms in total. The number of hydrogen-bond acceptors (Lipinski definition) is 5. The second kappa shape index (κ2) is 18.0. The molecule has 0 fully saturated rings. The minimum absolute atomic E-state index is 0.0777. The topological polar surface area (TPSA) is 85.3 Å². The molecule has 5 rings (SSSR count). The number of ether oxygens (including phenoxy) is 3. The first-order valence-electron chi connectivity index (χ1n) is 16.3. The van der Waals surface area contributed by atoms with E-state index in [1.807, 2.05) is 121 Å². The molecule has 5 aromatic rings. The Balaban J connectivity index is 1.17. The Bertz CT molecular complexity index is 1720. The smallest absolute Gasteiger partial charge is 0.303 e. The van der Waals surface area contributed by atoms with E-state index in [-0.39, 0.29) is 12.3 Å². The molecule has 0 radical (unpaired) electrons. The number of aliphatic carboxylic acids is 1. The van der Waals surface area contributed by atoms with E-state index in [2.05, 4.69) is 0 Å². The van der Waals surface area contributed by atoms with Gasteiger partial charge in [0.25, 0.3) is 5.91 Å². The monoisotopic (exact) mass is 643 g/mol. The van der Waals surface area contributed by atoms with Gasteiger partial charge in [-0.15, -0.1) is 0 Å². The van der Waals surface area contributed by atoms with Gasteiger partial charge in [-0.05, 0) is 84.0 Å². The van der Waals surface area contributed by atoms with Crippen LogP contribution in [0.4, 0.5) is 0 Å². The summed E-state index contributed by atoms with van der Waals surface area (Å²) in [5, 5.41) is 9.08. The normalized spacial score (nSPS) is 10.7. The van der Waals surface area contributed by atoms with Gasteiger partial charge in [0, 0.05) is 25.1 Å². The predicted molar refractivity (Wildman–Crippen MR) is 186 cm³/mol. The van der Waals surface area contributed by atoms with Crippen LogP contribution in [0.25, 0.3) is 0 Å². The van der Waals surface area contributed by atoms with Crippen LogP contribution in [0.3, 0.4) is 0 Å². The Hall–Kier alpha value is -5.56. The highest BCUT2D eigenvalue weighted by atomic mass is 16.5. The van der Waals surface area contributed by atoms with Gasteiger partial charge in [-0.2, -0.15) is 0 Å². The molecule has 1 N–H and O–H groups in total. The molecule has 0 aromatic heterocycles. The number of carboxylic acids is 1. The van der Waals surface area contributed by atoms with Crippen LogP contribution in [0.2, 0.25) is 0 Å². The van der Waals surface area contributed by atoms with Crippen molar-refractivity contribution in [3.05, 3.63) is 161 Å². The van der Waals surface area contributed by atoms with E-state index in [1.165, 1.54) is 0 Å². The third-order valence-electron chi connectivity index (χ3n) is 7.83. The number of benzene rings is 5. The van der Waals surface area contributed by atoms with Gasteiger partial charge in [-0.1, -0.05) is 91.0 Å². The molecular formula is C41H41NO6. The average molecular weight is 644 g/mol. The number of carboxylic acid groups (broad SMARTS) is 1. The molecule has 48 heavy (non-hydrogen) atoms. The Kier molecular flexibility index (Phi) is 12.6. The van der Waals surface area contributed by atoms with E-state index < -0.39 is 5.97 Å². The first-order valence-corrected chi connectivity index (χ1v) is 16.3. The first kappa shape index (κ1) is 33.8. The molecule has 246 valence electrons. The molecule has 0 spiro atoms. The lowest BCUT2D eigenvalue weighted by Crippen LogP contribution is -2.34. The summed E-state index contributed by atoms with van der Waals surface area (Å²) < 4.78 is 18.0. The SMILES string of the molecule is O=C(O)CCCCN(CCc1ccc(OCc2ccccc2)cc1)C(=O)c1cccc(OCc2cccc(OCc3ccccc3)c2)c1. The maximum atomic E-state index is 13.7. The van der Waals surface area contributed by atoms with Gasteiger partial charge >= 0.3 is 5.97 Å². The maximum Gasteiger partial charge on any atom is 0.303 e. The number of unbranched alkanes of at least 4 members (excludes halogenated alkanes) is 1. The number of nitrogens with zero attached hydrogens (tertiary/aromatic N) is 1. The van der Waals surface area contributed by atoms with Crippen LogP contribution in [0.15, 0.2) is 133 Å². The van der Waals surface area contributed by atoms with Crippen LogP contribution >= 0.6 is 0 Å². The van der Waals surface area contributed by atoms with Crippen LogP contribution < -0.4 is 14.2 Å². The molecule has 0 bridgehead atoms. The minimum Gasteiger partial charge on any atom is -0.489 e. The van der Waals surface area contributed by atoms with Crippen molar-refractivity contribution in [2.24, 2.45) is 0 Å². The summed E-state index contributed by atoms with van der Waals surface area (Å²) in [6.45, 7) is 2.26. The lowest BCUT2D eigenvalue weighted by Gasteiger charge is -2.23. The van der Waals surface area contributed by atoms with Gasteiger partial charge in [-0.25, -0.2) is 0 Å². The summed E-state index contributed by atoms with van der Waals surface area (Å²) in [5.74, 6) is 1.19. The lowest BCUT2D eigenvalue weighted by atomic mass is 10.1. The molecule has 0 saturated heterocycles. The van der Waals surface area contributed by atoms with Crippen LogP contribution in [-0.2, 0) is 31.0 Å². The highest BCUT2D eigenvalue weighted by molar-refractivity contribution is 5.94. The van der Waals surface area contributed by atoms with Gasteiger partial charge in [0.15, 0.2) is 0 Å². The number of carbonyl (C=O) groups is 2. The van der Waals surface area contributed by atoms with Crippen LogP contribution in [-0.4, -0.2) is 35.0 Å². The Morgan fingerprint density at radius 3 is 1.73 bits per heavy atom. The van der Waals surface area contributed by atoms with Crippen molar-refractivity contribution < 1.29 is 28.9 Å². The fourth-order valence-corrected chi connectivity index (χ4v) is 5.19. The first-order chi connectivity index (χ1) is 23.5. The lowest BCUT2D eigenvalue weighted by molar-refractivity contribution is -0.137. The van der Waals surface area contributed by atoms with E-state index in [0.717, 1.165) is 33.8 Å². The Labute approximate surface area is 282 Å². The fraction of sp³-hybridized carbons (Fsp3) is 0.220. The zero-order valence-corrected chi connectivity index (χ0v) is 27.0. The second-order valence-electron chi connectivity index (χ2n) is 11.5. The molecule has 0 saturated carbocycles. The third-order valence-corrected chi connectivity index (χ3v) is 7.83. The van der Waals surface area contributed by atoms with Crippen molar-refractivity contribution >= 4 is 11.9 Å². The molecule has 0 aliphatic heterocycles. The predicted octanol–water partition coefficient (Wildman–Crippen LogP) is 8.36. The molecule has 5 aromatic carbocycles. The van der Waals surface area contributed by atoms with E-state index >= 15 is 0 Å². The van der Waals surface area contributed by atoms with Crippen LogP contribution in [0.1, 0.15) is 51.9 Å². The van der Waals surface area contributed by atoms with Crippen molar-refractivity contribution in [2.45, 2.75) is 45.5 Å². The maximum absolute atomic E-state index is 13.7. The van der Waals surface area contributed by atoms with Crippen LogP contribution in [0.5, 0.6) is 17.2 Å². The summed E-state index contributed by atoms with van der Waals surface area (Å²) in [7, 11) is 0. The summed E-state index contributed by atoms with van der Waals surface area (Å²) in [6.07, 6.45) is 1.84. The van der Waals surface area contributed by atoms with Gasteiger partial charge in [0.05, 0.1) is 0 Å². The highest BCUT2D eigenvalue weighted by Crippen LogP contribution is 2.21. The van der Waals surface area contributed by atoms with E-state index in [1.54, 1.807) is 17.0 Å². The molecule has 0 heterocycles.